The Balaban J connectivity index is 1.46. The molecule has 0 bridgehead atoms. The lowest BCUT2D eigenvalue weighted by atomic mass is 10.0. The third kappa shape index (κ3) is 5.16. The van der Waals surface area contributed by atoms with Gasteiger partial charge >= 0.3 is 6.03 Å². The molecule has 2 aliphatic heterocycles. The molecule has 3 rings (SSSR count). The zero-order chi connectivity index (χ0) is 17.9. The molecule has 2 fully saturated rings. The minimum absolute atomic E-state index is 0.0264. The molecule has 0 radical (unpaired) electrons. The van der Waals surface area contributed by atoms with Crippen LogP contribution in [0.15, 0.2) is 12.3 Å². The number of morpholine rings is 1. The van der Waals surface area contributed by atoms with Crippen molar-refractivity contribution in [1.82, 2.24) is 20.0 Å². The zero-order valence-electron chi connectivity index (χ0n) is 14.4. The quantitative estimate of drug-likeness (QED) is 0.750. The summed E-state index contributed by atoms with van der Waals surface area (Å²) in [6.45, 7) is 6.75. The van der Waals surface area contributed by atoms with Crippen LogP contribution in [0.5, 0.6) is 0 Å². The molecule has 0 saturated carbocycles. The van der Waals surface area contributed by atoms with Gasteiger partial charge in [-0.2, -0.15) is 5.10 Å². The Bertz CT molecular complexity index is 713. The van der Waals surface area contributed by atoms with Gasteiger partial charge in [-0.05, 0) is 13.3 Å². The van der Waals surface area contributed by atoms with Crippen molar-refractivity contribution in [2.45, 2.75) is 25.4 Å². The highest BCUT2D eigenvalue weighted by atomic mass is 32.2. The molecule has 1 aromatic heterocycles. The van der Waals surface area contributed by atoms with E-state index in [1.807, 2.05) is 6.20 Å². The van der Waals surface area contributed by atoms with Gasteiger partial charge in [0.2, 0.25) is 0 Å². The second-order valence-electron chi connectivity index (χ2n) is 6.90. The molecule has 0 aromatic carbocycles. The Morgan fingerprint density at radius 2 is 2.12 bits per heavy atom. The number of nitrogens with zero attached hydrogens (tertiary/aromatic N) is 3. The van der Waals surface area contributed by atoms with Crippen molar-refractivity contribution in [3.8, 4) is 0 Å². The normalized spacial score (nSPS) is 26.4. The number of hydrogen-bond acceptors (Lipinski definition) is 6. The van der Waals surface area contributed by atoms with E-state index in [4.69, 9.17) is 4.74 Å². The maximum Gasteiger partial charge on any atom is 0.320 e. The van der Waals surface area contributed by atoms with E-state index in [1.165, 1.54) is 0 Å². The van der Waals surface area contributed by atoms with Gasteiger partial charge in [-0.25, -0.2) is 13.2 Å². The van der Waals surface area contributed by atoms with E-state index in [-0.39, 0.29) is 11.5 Å². The van der Waals surface area contributed by atoms with E-state index in [0.717, 1.165) is 39.4 Å². The number of carbonyl (C=O) groups is 1. The van der Waals surface area contributed by atoms with Crippen LogP contribution in [0.1, 0.15) is 13.3 Å². The van der Waals surface area contributed by atoms with Gasteiger partial charge < -0.3 is 10.1 Å². The van der Waals surface area contributed by atoms with Crippen LogP contribution in [0.2, 0.25) is 0 Å². The van der Waals surface area contributed by atoms with E-state index >= 15 is 0 Å². The topological polar surface area (TPSA) is 106 Å². The lowest BCUT2D eigenvalue weighted by Crippen LogP contribution is -2.48. The van der Waals surface area contributed by atoms with Crippen LogP contribution in [0.25, 0.3) is 0 Å². The summed E-state index contributed by atoms with van der Waals surface area (Å²) in [5.74, 6) is 0.533. The summed E-state index contributed by atoms with van der Waals surface area (Å²) in [5, 5.41) is 9.75. The largest absolute Gasteiger partial charge is 0.379 e. The molecule has 1 aromatic rings. The third-order valence-electron chi connectivity index (χ3n) is 4.55. The fourth-order valence-corrected chi connectivity index (χ4v) is 5.25. The first-order valence-corrected chi connectivity index (χ1v) is 10.3. The second-order valence-corrected chi connectivity index (χ2v) is 9.08. The van der Waals surface area contributed by atoms with Gasteiger partial charge in [-0.1, -0.05) is 0 Å². The molecule has 2 saturated heterocycles. The summed E-state index contributed by atoms with van der Waals surface area (Å²) in [4.78, 5) is 14.4. The van der Waals surface area contributed by atoms with Crippen molar-refractivity contribution in [3.05, 3.63) is 12.3 Å². The minimum atomic E-state index is -3.06. The van der Waals surface area contributed by atoms with Gasteiger partial charge in [0.25, 0.3) is 0 Å². The van der Waals surface area contributed by atoms with Crippen LogP contribution in [0.3, 0.4) is 0 Å². The fraction of sp³-hybridized carbons (Fsp3) is 0.733. The first kappa shape index (κ1) is 18.2. The summed E-state index contributed by atoms with van der Waals surface area (Å²) < 4.78 is 30.3. The molecular formula is C15H25N5O4S. The van der Waals surface area contributed by atoms with Gasteiger partial charge in [0, 0.05) is 31.9 Å². The molecule has 1 atom stereocenters. The van der Waals surface area contributed by atoms with Crippen molar-refractivity contribution in [1.29, 1.82) is 0 Å². The number of carbonyl (C=O) groups excluding carboxylic acids is 1. The van der Waals surface area contributed by atoms with Gasteiger partial charge in [0.1, 0.15) is 0 Å². The maximum absolute atomic E-state index is 12.1. The summed E-state index contributed by atoms with van der Waals surface area (Å²) in [6, 6.07) is 1.30. The number of nitrogens with one attached hydrogen (secondary N) is 2. The molecule has 3 heterocycles. The summed E-state index contributed by atoms with van der Waals surface area (Å²) in [6.07, 6.45) is 2.24. The van der Waals surface area contributed by atoms with E-state index in [1.54, 1.807) is 17.7 Å². The van der Waals surface area contributed by atoms with Gasteiger partial charge in [0.05, 0.1) is 36.8 Å². The maximum atomic E-state index is 12.1. The highest BCUT2D eigenvalue weighted by Crippen LogP contribution is 2.22. The number of urea groups is 1. The van der Waals surface area contributed by atoms with Crippen LogP contribution in [-0.4, -0.2) is 79.0 Å². The van der Waals surface area contributed by atoms with Crippen molar-refractivity contribution in [2.75, 3.05) is 49.7 Å². The predicted molar refractivity (Wildman–Crippen MR) is 93.3 cm³/mol. The van der Waals surface area contributed by atoms with Crippen LogP contribution in [0, 0.1) is 0 Å². The average Bonchev–Trinajstić information content (AvgIpc) is 3.09. The van der Waals surface area contributed by atoms with Crippen molar-refractivity contribution in [3.63, 3.8) is 0 Å². The van der Waals surface area contributed by atoms with Crippen molar-refractivity contribution in [2.24, 2.45) is 0 Å². The predicted octanol–water partition coefficient (Wildman–Crippen LogP) is -0.0860. The Morgan fingerprint density at radius 1 is 1.36 bits per heavy atom. The van der Waals surface area contributed by atoms with Gasteiger partial charge in [-0.3, -0.25) is 14.9 Å². The van der Waals surface area contributed by atoms with Crippen LogP contribution in [0.4, 0.5) is 10.6 Å². The van der Waals surface area contributed by atoms with Crippen LogP contribution < -0.4 is 10.6 Å². The smallest absolute Gasteiger partial charge is 0.320 e. The van der Waals surface area contributed by atoms with E-state index in [0.29, 0.717) is 12.2 Å². The Labute approximate surface area is 147 Å². The van der Waals surface area contributed by atoms with E-state index in [2.05, 4.69) is 20.6 Å². The molecule has 0 aliphatic carbocycles. The molecular weight excluding hydrogens is 346 g/mol. The number of rotatable bonds is 5. The standard InChI is InChI=1S/C15H25N5O4S/c1-15(3-11-25(22,23)12-15)17-14(21)16-13-2-4-20(18-13)6-5-19-7-9-24-10-8-19/h2,4H,3,5-12H2,1H3,(H2,16,17,18,21). The average molecular weight is 371 g/mol. The molecule has 2 amide bonds. The van der Waals surface area contributed by atoms with Crippen LogP contribution >= 0.6 is 0 Å². The summed E-state index contributed by atoms with van der Waals surface area (Å²) >= 11 is 0. The Kier molecular flexibility index (Phi) is 5.30. The molecule has 10 heteroatoms. The van der Waals surface area contributed by atoms with Crippen LogP contribution in [-0.2, 0) is 21.1 Å². The number of amides is 2. The van der Waals surface area contributed by atoms with Gasteiger partial charge in [0.15, 0.2) is 15.7 Å². The Hall–Kier alpha value is -1.65. The first-order chi connectivity index (χ1) is 11.8. The molecule has 2 N–H and O–H groups in total. The number of anilines is 1. The highest BCUT2D eigenvalue weighted by molar-refractivity contribution is 7.91. The lowest BCUT2D eigenvalue weighted by molar-refractivity contribution is 0.0360. The molecule has 140 valence electrons. The SMILES string of the molecule is CC1(NC(=O)Nc2ccn(CCN3CCOCC3)n2)CCS(=O)(=O)C1. The number of sulfone groups is 1. The molecule has 1 unspecified atom stereocenters. The van der Waals surface area contributed by atoms with Gasteiger partial charge in [-0.15, -0.1) is 0 Å². The zero-order valence-corrected chi connectivity index (χ0v) is 15.2. The monoisotopic (exact) mass is 371 g/mol. The van der Waals surface area contributed by atoms with Crippen molar-refractivity contribution >= 4 is 21.7 Å². The summed E-state index contributed by atoms with van der Waals surface area (Å²) in [5.41, 5.74) is -0.720. The van der Waals surface area contributed by atoms with E-state index < -0.39 is 21.4 Å². The third-order valence-corrected chi connectivity index (χ3v) is 6.45. The Morgan fingerprint density at radius 3 is 2.80 bits per heavy atom. The molecule has 2 aliphatic rings. The van der Waals surface area contributed by atoms with Crippen molar-refractivity contribution < 1.29 is 17.9 Å². The fourth-order valence-electron chi connectivity index (χ4n) is 3.15. The molecule has 25 heavy (non-hydrogen) atoms. The molecule has 9 nitrogen and oxygen atoms in total. The number of aromatic nitrogens is 2. The first-order valence-electron chi connectivity index (χ1n) is 8.47. The lowest BCUT2D eigenvalue weighted by Gasteiger charge is -2.26. The minimum Gasteiger partial charge on any atom is -0.379 e. The highest BCUT2D eigenvalue weighted by Gasteiger charge is 2.39. The molecule has 0 spiro atoms. The second kappa shape index (κ2) is 7.30. The number of hydrogen-bond donors (Lipinski definition) is 2. The van der Waals surface area contributed by atoms with E-state index in [9.17, 15) is 13.2 Å². The summed E-state index contributed by atoms with van der Waals surface area (Å²) in [7, 11) is -3.06. The number of ether oxygens (including phenoxy) is 1.